The largest absolute Gasteiger partial charge is 0.373 e. The van der Waals surface area contributed by atoms with Gasteiger partial charge >= 0.3 is 6.08 Å². The van der Waals surface area contributed by atoms with Crippen LogP contribution in [0.25, 0.3) is 6.08 Å². The molecule has 0 aromatic heterocycles. The van der Waals surface area contributed by atoms with Gasteiger partial charge in [-0.05, 0) is 73.1 Å². The van der Waals surface area contributed by atoms with Gasteiger partial charge in [-0.15, -0.1) is 30.9 Å². The second-order valence-electron chi connectivity index (χ2n) is 7.41. The van der Waals surface area contributed by atoms with Crippen LogP contribution in [0.5, 0.6) is 0 Å². The van der Waals surface area contributed by atoms with Gasteiger partial charge in [0.15, 0.2) is 5.83 Å². The van der Waals surface area contributed by atoms with Crippen LogP contribution in [0.3, 0.4) is 0 Å². The van der Waals surface area contributed by atoms with Gasteiger partial charge in [0, 0.05) is 5.56 Å². The highest BCUT2D eigenvalue weighted by Crippen LogP contribution is 2.05. The van der Waals surface area contributed by atoms with Gasteiger partial charge in [-0.3, -0.25) is 0 Å². The molecular formula is C40H63F3O. The Morgan fingerprint density at radius 2 is 1.02 bits per heavy atom. The van der Waals surface area contributed by atoms with Crippen molar-refractivity contribution in [3.63, 3.8) is 0 Å². The number of hydrogen-bond acceptors (Lipinski definition) is 1. The second-order valence-corrected chi connectivity index (χ2v) is 7.41. The highest BCUT2D eigenvalue weighted by molar-refractivity contribution is 5.45. The molecule has 1 fully saturated rings. The number of hydrogen-bond donors (Lipinski definition) is 0. The molecule has 4 heteroatoms. The van der Waals surface area contributed by atoms with Crippen molar-refractivity contribution in [2.75, 3.05) is 6.61 Å². The SMILES string of the molecule is C=C(C)C.C=CC.C=Cc1ccccc1.CC.CC.CC.CC#CC.CC#Cc1ccccc1.CC(F)=C(F)F.CC1CO1. The topological polar surface area (TPSA) is 12.5 Å². The monoisotopic (exact) mass is 616 g/mol. The van der Waals surface area contributed by atoms with Crippen LogP contribution in [-0.4, -0.2) is 12.7 Å². The number of benzene rings is 2. The third kappa shape index (κ3) is 83.2. The second kappa shape index (κ2) is 55.2. The number of ether oxygens (including phenoxy) is 1. The van der Waals surface area contributed by atoms with Gasteiger partial charge in [-0.1, -0.05) is 120 Å². The van der Waals surface area contributed by atoms with Crippen LogP contribution in [0.4, 0.5) is 13.2 Å². The number of epoxide rings is 1. The third-order valence-corrected chi connectivity index (χ3v) is 3.09. The molecule has 250 valence electrons. The maximum Gasteiger partial charge on any atom is 0.301 e. The fourth-order valence-electron chi connectivity index (χ4n) is 1.35. The van der Waals surface area contributed by atoms with E-state index in [0.717, 1.165) is 12.2 Å². The molecule has 0 N–H and O–H groups in total. The van der Waals surface area contributed by atoms with Gasteiger partial charge < -0.3 is 4.74 Å². The summed E-state index contributed by atoms with van der Waals surface area (Å²) in [6.45, 7) is 37.6. The fourth-order valence-corrected chi connectivity index (χ4v) is 1.35. The molecule has 3 rings (SSSR count). The Labute approximate surface area is 272 Å². The van der Waals surface area contributed by atoms with E-state index in [4.69, 9.17) is 4.74 Å². The van der Waals surface area contributed by atoms with Crippen LogP contribution >= 0.6 is 0 Å². The molecule has 2 aromatic carbocycles. The molecule has 1 saturated heterocycles. The molecule has 1 nitrogen and oxygen atoms in total. The lowest BCUT2D eigenvalue weighted by Gasteiger charge is -1.85. The molecule has 1 aliphatic rings. The normalized spacial score (nSPS) is 9.43. The lowest BCUT2D eigenvalue weighted by Crippen LogP contribution is -1.67. The summed E-state index contributed by atoms with van der Waals surface area (Å²) in [5.41, 5.74) is 3.42. The molecule has 2 aromatic rings. The number of rotatable bonds is 1. The van der Waals surface area contributed by atoms with Crippen LogP contribution in [0.2, 0.25) is 0 Å². The van der Waals surface area contributed by atoms with Gasteiger partial charge in [0.25, 0.3) is 0 Å². The Hall–Kier alpha value is -3.73. The van der Waals surface area contributed by atoms with Gasteiger partial charge in [-0.25, -0.2) is 4.39 Å². The summed E-state index contributed by atoms with van der Waals surface area (Å²) < 4.78 is 37.0. The zero-order chi connectivity index (χ0) is 36.2. The first kappa shape index (κ1) is 56.1. The summed E-state index contributed by atoms with van der Waals surface area (Å²) in [4.78, 5) is 0. The molecule has 1 heterocycles. The van der Waals surface area contributed by atoms with Crippen molar-refractivity contribution in [1.29, 1.82) is 0 Å². The maximum absolute atomic E-state index is 11.0. The van der Waals surface area contributed by atoms with E-state index in [0.29, 0.717) is 13.0 Å². The van der Waals surface area contributed by atoms with E-state index in [-0.39, 0.29) is 0 Å². The van der Waals surface area contributed by atoms with Crippen molar-refractivity contribution in [2.45, 2.75) is 103 Å². The molecule has 1 unspecified atom stereocenters. The zero-order valence-corrected chi connectivity index (χ0v) is 30.4. The van der Waals surface area contributed by atoms with Gasteiger partial charge in [0.1, 0.15) is 0 Å². The van der Waals surface area contributed by atoms with Crippen molar-refractivity contribution in [3.8, 4) is 23.7 Å². The predicted molar refractivity (Wildman–Crippen MR) is 196 cm³/mol. The smallest absolute Gasteiger partial charge is 0.301 e. The van der Waals surface area contributed by atoms with E-state index < -0.39 is 11.9 Å². The zero-order valence-electron chi connectivity index (χ0n) is 30.4. The Balaban J connectivity index is -0.0000000726. The molecule has 0 bridgehead atoms. The molecule has 1 aliphatic heterocycles. The summed E-state index contributed by atoms with van der Waals surface area (Å²) >= 11 is 0. The molecule has 0 aliphatic carbocycles. The highest BCUT2D eigenvalue weighted by Gasteiger charge is 2.13. The molecular weight excluding hydrogens is 553 g/mol. The van der Waals surface area contributed by atoms with E-state index in [1.54, 1.807) is 6.08 Å². The minimum Gasteiger partial charge on any atom is -0.373 e. The van der Waals surface area contributed by atoms with Crippen LogP contribution < -0.4 is 0 Å². The van der Waals surface area contributed by atoms with E-state index >= 15 is 0 Å². The summed E-state index contributed by atoms with van der Waals surface area (Å²) in [7, 11) is 0. The Morgan fingerprint density at radius 3 is 1.18 bits per heavy atom. The van der Waals surface area contributed by atoms with E-state index in [1.807, 2.05) is 150 Å². The minimum absolute atomic E-state index is 0.583. The van der Waals surface area contributed by atoms with Crippen molar-refractivity contribution < 1.29 is 17.9 Å². The van der Waals surface area contributed by atoms with Crippen molar-refractivity contribution in [3.05, 3.63) is 115 Å². The minimum atomic E-state index is -2.24. The summed E-state index contributed by atoms with van der Waals surface area (Å²) in [6, 6.07) is 20.0. The van der Waals surface area contributed by atoms with Crippen molar-refractivity contribution in [1.82, 2.24) is 0 Å². The summed E-state index contributed by atoms with van der Waals surface area (Å²) in [5, 5.41) is 0. The first-order valence-electron chi connectivity index (χ1n) is 14.9. The molecule has 0 saturated carbocycles. The van der Waals surface area contributed by atoms with Crippen LogP contribution in [0.1, 0.15) is 108 Å². The molecule has 0 spiro atoms. The molecule has 1 atom stereocenters. The lowest BCUT2D eigenvalue weighted by molar-refractivity contribution is 0.380. The molecule has 44 heavy (non-hydrogen) atoms. The summed E-state index contributed by atoms with van der Waals surface area (Å²) in [5.74, 6) is 9.75. The van der Waals surface area contributed by atoms with Crippen molar-refractivity contribution in [2.24, 2.45) is 0 Å². The first-order valence-corrected chi connectivity index (χ1v) is 14.9. The van der Waals surface area contributed by atoms with Crippen LogP contribution in [0, 0.1) is 23.7 Å². The Morgan fingerprint density at radius 1 is 0.750 bits per heavy atom. The van der Waals surface area contributed by atoms with Gasteiger partial charge in [0.2, 0.25) is 0 Å². The standard InChI is InChI=1S/C9H8.C8H8.C4H8.C4H6.C3H3F3.C3H6O.C3H6.3C2H6/c1-2-6-9-7-4-3-5-8-9;1-2-8-6-4-3-5-7-8;1-4(2)3;1-3-4-2;1-2(4)3(5)6;1-3-2-4-3;1-3-2;3*1-2/h3-5,7-8H,1H3;2-7H,1H2;1H2,2-3H3;1-2H3;1H3;3H,2H2,1H3;3H,1H2,2H3;3*1-2H3. The average Bonchev–Trinajstić information content (AvgIpc) is 3.84. The average molecular weight is 617 g/mol. The Bertz CT molecular complexity index is 955. The van der Waals surface area contributed by atoms with E-state index in [9.17, 15) is 13.2 Å². The van der Waals surface area contributed by atoms with E-state index in [2.05, 4.69) is 50.3 Å². The van der Waals surface area contributed by atoms with Gasteiger partial charge in [0.05, 0.1) is 12.7 Å². The lowest BCUT2D eigenvalue weighted by atomic mass is 10.2. The molecule has 0 radical (unpaired) electrons. The molecule has 0 amide bonds. The number of allylic oxidation sites excluding steroid dienone is 3. The van der Waals surface area contributed by atoms with E-state index in [1.165, 1.54) is 11.1 Å². The first-order chi connectivity index (χ1) is 21.0. The van der Waals surface area contributed by atoms with Crippen LogP contribution in [0.15, 0.2) is 104 Å². The quantitative estimate of drug-likeness (QED) is 0.176. The fraction of sp³-hybridized carbons (Fsp3) is 0.400. The number of halogens is 3. The highest BCUT2D eigenvalue weighted by atomic mass is 19.3. The Kier molecular flexibility index (Phi) is 70.4. The van der Waals surface area contributed by atoms with Gasteiger partial charge in [-0.2, -0.15) is 8.78 Å². The predicted octanol–water partition coefficient (Wildman–Crippen LogP) is 13.8. The third-order valence-electron chi connectivity index (χ3n) is 3.09. The van der Waals surface area contributed by atoms with Crippen molar-refractivity contribution >= 4 is 6.08 Å². The maximum atomic E-state index is 11.0. The van der Waals surface area contributed by atoms with Crippen LogP contribution in [-0.2, 0) is 4.74 Å². The summed E-state index contributed by atoms with van der Waals surface area (Å²) in [6.07, 6.45) is 1.93.